The first-order valence-corrected chi connectivity index (χ1v) is 13.5. The molecule has 0 bridgehead atoms. The van der Waals surface area contributed by atoms with Gasteiger partial charge in [-0.2, -0.15) is 0 Å². The number of methoxy groups -OCH3 is 1. The van der Waals surface area contributed by atoms with Crippen LogP contribution < -0.4 is 15.8 Å². The molecule has 2 aromatic rings. The Balaban J connectivity index is 2.03. The van der Waals surface area contributed by atoms with Gasteiger partial charge in [0.2, 0.25) is 5.91 Å². The van der Waals surface area contributed by atoms with E-state index in [1.54, 1.807) is 13.2 Å². The van der Waals surface area contributed by atoms with Gasteiger partial charge in [0, 0.05) is 31.2 Å². The molecule has 0 aliphatic heterocycles. The maximum Gasteiger partial charge on any atom is 0.224 e. The van der Waals surface area contributed by atoms with E-state index < -0.39 is 36.2 Å². The summed E-state index contributed by atoms with van der Waals surface area (Å²) in [6.45, 7) is 3.39. The molecule has 40 heavy (non-hydrogen) atoms. The molecule has 0 saturated heterocycles. The Morgan fingerprint density at radius 1 is 1.15 bits per heavy atom. The van der Waals surface area contributed by atoms with E-state index in [1.165, 1.54) is 6.07 Å². The van der Waals surface area contributed by atoms with Gasteiger partial charge >= 0.3 is 0 Å². The molecule has 0 saturated carbocycles. The molecule has 2 unspecified atom stereocenters. The number of benzene rings is 2. The van der Waals surface area contributed by atoms with Crippen LogP contribution in [0.3, 0.4) is 0 Å². The zero-order valence-electron chi connectivity index (χ0n) is 23.3. The van der Waals surface area contributed by atoms with Crippen LogP contribution in [0.5, 0.6) is 11.5 Å². The van der Waals surface area contributed by atoms with Gasteiger partial charge in [0.1, 0.15) is 17.1 Å². The largest absolute Gasteiger partial charge is 0.507 e. The van der Waals surface area contributed by atoms with Gasteiger partial charge in [-0.1, -0.05) is 26.0 Å². The standard InChI is InChI=1S/C30H40N2O8/c1-17(2)32-15-18-4-7-26(40-3)22(11-18)21-5-6-24(35)29-23(21)12-19(13-25(29)36)10-20(8-9-33)30(39,16-34)27(37)14-28(31)38/h4-7,11,17,19-20,32-35,39H,8-10,12-16H2,1-3H3,(H2,31,38)/t19?,20?,30-/m1/s1. The van der Waals surface area contributed by atoms with Crippen molar-refractivity contribution in [2.45, 2.75) is 64.1 Å². The molecule has 218 valence electrons. The summed E-state index contributed by atoms with van der Waals surface area (Å²) in [7, 11) is 1.56. The van der Waals surface area contributed by atoms with E-state index in [0.717, 1.165) is 16.7 Å². The molecule has 1 aliphatic rings. The number of carbonyl (C=O) groups is 3. The number of nitrogens with two attached hydrogens (primary N) is 1. The molecule has 1 aliphatic carbocycles. The van der Waals surface area contributed by atoms with Crippen molar-refractivity contribution in [2.24, 2.45) is 17.6 Å². The molecule has 2 aromatic carbocycles. The Hall–Kier alpha value is -3.31. The molecule has 0 spiro atoms. The summed E-state index contributed by atoms with van der Waals surface area (Å²) in [6, 6.07) is 9.31. The van der Waals surface area contributed by atoms with Crippen LogP contribution >= 0.6 is 0 Å². The van der Waals surface area contributed by atoms with Gasteiger partial charge in [-0.15, -0.1) is 0 Å². The number of fused-ring (bicyclic) bond motifs is 1. The van der Waals surface area contributed by atoms with Crippen molar-refractivity contribution in [1.82, 2.24) is 5.32 Å². The van der Waals surface area contributed by atoms with Crippen molar-refractivity contribution >= 4 is 17.5 Å². The zero-order valence-corrected chi connectivity index (χ0v) is 23.3. The number of hydrogen-bond donors (Lipinski definition) is 6. The second-order valence-electron chi connectivity index (χ2n) is 10.8. The van der Waals surface area contributed by atoms with Crippen LogP contribution in [-0.2, 0) is 22.6 Å². The van der Waals surface area contributed by atoms with Crippen molar-refractivity contribution in [3.63, 3.8) is 0 Å². The number of aliphatic hydroxyl groups is 3. The predicted octanol–water partition coefficient (Wildman–Crippen LogP) is 1.87. The van der Waals surface area contributed by atoms with Crippen molar-refractivity contribution in [2.75, 3.05) is 20.3 Å². The van der Waals surface area contributed by atoms with E-state index in [9.17, 15) is 34.8 Å². The lowest BCUT2D eigenvalue weighted by atomic mass is 9.71. The third-order valence-corrected chi connectivity index (χ3v) is 7.63. The van der Waals surface area contributed by atoms with Crippen molar-refractivity contribution in [3.8, 4) is 22.6 Å². The number of carbonyl (C=O) groups excluding carboxylic acids is 3. The summed E-state index contributed by atoms with van der Waals surface area (Å²) in [6.07, 6.45) is -0.323. The zero-order chi connectivity index (χ0) is 29.6. The van der Waals surface area contributed by atoms with Crippen LogP contribution in [0, 0.1) is 11.8 Å². The fourth-order valence-corrected chi connectivity index (χ4v) is 5.57. The molecule has 10 nitrogen and oxygen atoms in total. The summed E-state index contributed by atoms with van der Waals surface area (Å²) < 4.78 is 5.64. The van der Waals surface area contributed by atoms with Crippen LogP contribution in [-0.4, -0.2) is 69.9 Å². The Labute approximate surface area is 234 Å². The minimum atomic E-state index is -2.30. The highest BCUT2D eigenvalue weighted by Crippen LogP contribution is 2.43. The van der Waals surface area contributed by atoms with E-state index in [1.807, 2.05) is 18.2 Å². The van der Waals surface area contributed by atoms with Crippen LogP contribution in [0.4, 0.5) is 0 Å². The monoisotopic (exact) mass is 556 g/mol. The summed E-state index contributed by atoms with van der Waals surface area (Å²) >= 11 is 0. The number of amides is 1. The first-order chi connectivity index (χ1) is 18.9. The summed E-state index contributed by atoms with van der Waals surface area (Å²) in [5.74, 6) is -3.02. The van der Waals surface area contributed by atoms with E-state index in [0.29, 0.717) is 24.3 Å². The number of ether oxygens (including phenoxy) is 1. The molecule has 3 rings (SSSR count). The van der Waals surface area contributed by atoms with Gasteiger partial charge in [-0.05, 0) is 66.0 Å². The molecule has 0 fully saturated rings. The van der Waals surface area contributed by atoms with Gasteiger partial charge in [0.15, 0.2) is 11.6 Å². The van der Waals surface area contributed by atoms with Gasteiger partial charge in [0.05, 0.1) is 25.7 Å². The number of aromatic hydroxyl groups is 1. The predicted molar refractivity (Wildman–Crippen MR) is 149 cm³/mol. The van der Waals surface area contributed by atoms with Crippen LogP contribution in [0.2, 0.25) is 0 Å². The van der Waals surface area contributed by atoms with Crippen molar-refractivity contribution < 1.29 is 39.5 Å². The molecule has 1 amide bonds. The van der Waals surface area contributed by atoms with Crippen LogP contribution in [0.15, 0.2) is 30.3 Å². The van der Waals surface area contributed by atoms with E-state index in [2.05, 4.69) is 19.2 Å². The molecular formula is C30H40N2O8. The number of phenolic OH excluding ortho intramolecular Hbond substituents is 1. The summed E-state index contributed by atoms with van der Waals surface area (Å²) in [4.78, 5) is 37.4. The molecule has 0 heterocycles. The van der Waals surface area contributed by atoms with Gasteiger partial charge in [0.25, 0.3) is 0 Å². The molecule has 0 radical (unpaired) electrons. The Morgan fingerprint density at radius 2 is 1.88 bits per heavy atom. The number of rotatable bonds is 14. The van der Waals surface area contributed by atoms with Crippen LogP contribution in [0.1, 0.15) is 61.0 Å². The van der Waals surface area contributed by atoms with E-state index >= 15 is 0 Å². The van der Waals surface area contributed by atoms with E-state index in [4.69, 9.17) is 10.5 Å². The number of primary amides is 1. The van der Waals surface area contributed by atoms with E-state index in [-0.39, 0.29) is 54.9 Å². The SMILES string of the molecule is COc1ccc(CNC(C)C)cc1-c1ccc(O)c2c1CC(CC(CCO)[C@](O)(CO)C(=O)CC(N)=O)CC2=O. The molecule has 7 N–H and O–H groups in total. The quantitative estimate of drug-likeness (QED) is 0.189. The Kier molecular flexibility index (Phi) is 10.4. The normalized spacial score (nSPS) is 17.3. The maximum absolute atomic E-state index is 13.3. The highest BCUT2D eigenvalue weighted by molar-refractivity contribution is 6.03. The van der Waals surface area contributed by atoms with Crippen molar-refractivity contribution in [1.29, 1.82) is 0 Å². The highest BCUT2D eigenvalue weighted by atomic mass is 16.5. The molecular weight excluding hydrogens is 516 g/mol. The second-order valence-corrected chi connectivity index (χ2v) is 10.8. The van der Waals surface area contributed by atoms with Gasteiger partial charge in [-0.3, -0.25) is 14.4 Å². The topological polar surface area (TPSA) is 179 Å². The summed E-state index contributed by atoms with van der Waals surface area (Å²) in [5.41, 5.74) is 6.17. The number of phenols is 1. The lowest BCUT2D eigenvalue weighted by Crippen LogP contribution is -2.51. The third kappa shape index (κ3) is 6.87. The smallest absolute Gasteiger partial charge is 0.224 e. The molecule has 3 atom stereocenters. The fraction of sp³-hybridized carbons (Fsp3) is 0.500. The first kappa shape index (κ1) is 31.2. The molecule has 0 aromatic heterocycles. The maximum atomic E-state index is 13.3. The minimum Gasteiger partial charge on any atom is -0.507 e. The molecule has 10 heteroatoms. The van der Waals surface area contributed by atoms with Crippen LogP contribution in [0.25, 0.3) is 11.1 Å². The summed E-state index contributed by atoms with van der Waals surface area (Å²) in [5, 5.41) is 44.8. The lowest BCUT2D eigenvalue weighted by Gasteiger charge is -2.36. The fourth-order valence-electron chi connectivity index (χ4n) is 5.57. The average Bonchev–Trinajstić information content (AvgIpc) is 2.90. The minimum absolute atomic E-state index is 0.0347. The lowest BCUT2D eigenvalue weighted by molar-refractivity contribution is -0.153. The highest BCUT2D eigenvalue weighted by Gasteiger charge is 2.45. The van der Waals surface area contributed by atoms with Gasteiger partial charge < -0.3 is 36.2 Å². The number of nitrogens with one attached hydrogen (secondary N) is 1. The Morgan fingerprint density at radius 3 is 2.48 bits per heavy atom. The first-order valence-electron chi connectivity index (χ1n) is 13.5. The average molecular weight is 557 g/mol. The van der Waals surface area contributed by atoms with Crippen molar-refractivity contribution in [3.05, 3.63) is 47.0 Å². The number of Topliss-reactive ketones (excluding diaryl/α,β-unsaturated/α-hetero) is 2. The number of ketones is 2. The van der Waals surface area contributed by atoms with Gasteiger partial charge in [-0.25, -0.2) is 0 Å². The third-order valence-electron chi connectivity index (χ3n) is 7.63. The number of aliphatic hydroxyl groups excluding tert-OH is 2. The number of hydrogen-bond acceptors (Lipinski definition) is 9. The second kappa shape index (κ2) is 13.4. The Bertz CT molecular complexity index is 1240.